The molecule has 1 atom stereocenters. The molecule has 2 aromatic rings. The third-order valence-electron chi connectivity index (χ3n) is 5.96. The zero-order valence-corrected chi connectivity index (χ0v) is 17.5. The van der Waals surface area contributed by atoms with Gasteiger partial charge in [0.05, 0.1) is 19.9 Å². The third-order valence-corrected chi connectivity index (χ3v) is 5.96. The van der Waals surface area contributed by atoms with E-state index in [2.05, 4.69) is 29.4 Å². The van der Waals surface area contributed by atoms with Crippen molar-refractivity contribution in [3.8, 4) is 11.5 Å². The second-order valence-electron chi connectivity index (χ2n) is 7.86. The van der Waals surface area contributed by atoms with E-state index in [-0.39, 0.29) is 5.91 Å². The summed E-state index contributed by atoms with van der Waals surface area (Å²) < 4.78 is 10.8. The Morgan fingerprint density at radius 3 is 2.57 bits per heavy atom. The Bertz CT molecular complexity index is 905. The van der Waals surface area contributed by atoms with Crippen LogP contribution < -0.4 is 9.47 Å². The predicted octanol–water partition coefficient (Wildman–Crippen LogP) is 3.68. The van der Waals surface area contributed by atoms with E-state index in [4.69, 9.17) is 14.3 Å². The normalized spacial score (nSPS) is 19.2. The molecule has 0 saturated carbocycles. The molecule has 158 valence electrons. The molecule has 0 bridgehead atoms. The van der Waals surface area contributed by atoms with Crippen molar-refractivity contribution in [2.24, 2.45) is 11.1 Å². The summed E-state index contributed by atoms with van der Waals surface area (Å²) in [5.41, 5.74) is 2.88. The number of rotatable bonds is 6. The van der Waals surface area contributed by atoms with Gasteiger partial charge >= 0.3 is 0 Å². The summed E-state index contributed by atoms with van der Waals surface area (Å²) in [4.78, 5) is 20.4. The quantitative estimate of drug-likeness (QED) is 0.732. The van der Waals surface area contributed by atoms with Gasteiger partial charge in [-0.25, -0.2) is 0 Å². The number of carbonyl (C=O) groups is 1. The number of amides is 1. The predicted molar refractivity (Wildman–Crippen MR) is 115 cm³/mol. The molecule has 4 rings (SSSR count). The number of likely N-dealkylation sites (tertiary alicyclic amines) is 1. The lowest BCUT2D eigenvalue weighted by Gasteiger charge is -2.33. The van der Waals surface area contributed by atoms with Crippen LogP contribution in [0.15, 0.2) is 53.7 Å². The molecule has 1 saturated heterocycles. The molecule has 0 spiro atoms. The minimum Gasteiger partial charge on any atom is -0.497 e. The summed E-state index contributed by atoms with van der Waals surface area (Å²) in [6.45, 7) is 1.54. The zero-order valence-electron chi connectivity index (χ0n) is 17.5. The Morgan fingerprint density at radius 1 is 1.10 bits per heavy atom. The second kappa shape index (κ2) is 9.20. The number of benzene rings is 2. The number of piperidine rings is 1. The SMILES string of the molecule is COc1ccc(OC)c(C2=NO[C@H](C(=O)N3CCC(Cc4ccccc4)CC3)C2)c1. The van der Waals surface area contributed by atoms with Gasteiger partial charge in [0.25, 0.3) is 5.91 Å². The van der Waals surface area contributed by atoms with Crippen molar-refractivity contribution < 1.29 is 19.1 Å². The van der Waals surface area contributed by atoms with Gasteiger partial charge in [-0.2, -0.15) is 0 Å². The topological polar surface area (TPSA) is 60.4 Å². The summed E-state index contributed by atoms with van der Waals surface area (Å²) in [7, 11) is 3.23. The maximum absolute atomic E-state index is 13.0. The first-order chi connectivity index (χ1) is 14.7. The molecule has 2 aromatic carbocycles. The smallest absolute Gasteiger partial charge is 0.266 e. The highest BCUT2D eigenvalue weighted by Crippen LogP contribution is 2.30. The minimum absolute atomic E-state index is 0.0220. The largest absolute Gasteiger partial charge is 0.497 e. The lowest BCUT2D eigenvalue weighted by Crippen LogP contribution is -2.44. The van der Waals surface area contributed by atoms with Crippen molar-refractivity contribution in [2.45, 2.75) is 31.8 Å². The van der Waals surface area contributed by atoms with E-state index < -0.39 is 6.10 Å². The van der Waals surface area contributed by atoms with Gasteiger partial charge in [0, 0.05) is 25.1 Å². The molecular formula is C24H28N2O4. The Hall–Kier alpha value is -3.02. The van der Waals surface area contributed by atoms with E-state index in [9.17, 15) is 4.79 Å². The molecule has 0 radical (unpaired) electrons. The summed E-state index contributed by atoms with van der Waals surface area (Å²) in [6, 6.07) is 16.1. The highest BCUT2D eigenvalue weighted by atomic mass is 16.6. The number of methoxy groups -OCH3 is 2. The first-order valence-corrected chi connectivity index (χ1v) is 10.5. The Labute approximate surface area is 177 Å². The fourth-order valence-corrected chi connectivity index (χ4v) is 4.22. The van der Waals surface area contributed by atoms with Crippen LogP contribution in [0.25, 0.3) is 0 Å². The van der Waals surface area contributed by atoms with Gasteiger partial charge in [0.2, 0.25) is 6.10 Å². The fraction of sp³-hybridized carbons (Fsp3) is 0.417. The highest BCUT2D eigenvalue weighted by Gasteiger charge is 2.35. The van der Waals surface area contributed by atoms with Crippen LogP contribution in [-0.2, 0) is 16.1 Å². The van der Waals surface area contributed by atoms with Gasteiger partial charge in [-0.1, -0.05) is 35.5 Å². The molecule has 6 heteroatoms. The molecule has 2 aliphatic heterocycles. The first kappa shape index (κ1) is 20.3. The Kier molecular flexibility index (Phi) is 6.21. The van der Waals surface area contributed by atoms with E-state index in [1.165, 1.54) is 5.56 Å². The first-order valence-electron chi connectivity index (χ1n) is 10.5. The van der Waals surface area contributed by atoms with E-state index in [1.807, 2.05) is 29.2 Å². The number of carbonyl (C=O) groups excluding carboxylic acids is 1. The average molecular weight is 408 g/mol. The van der Waals surface area contributed by atoms with Gasteiger partial charge in [-0.15, -0.1) is 0 Å². The lowest BCUT2D eigenvalue weighted by molar-refractivity contribution is -0.143. The van der Waals surface area contributed by atoms with Crippen molar-refractivity contribution in [1.29, 1.82) is 0 Å². The van der Waals surface area contributed by atoms with Crippen molar-refractivity contribution in [2.75, 3.05) is 27.3 Å². The summed E-state index contributed by atoms with van der Waals surface area (Å²) in [5, 5.41) is 4.19. The van der Waals surface area contributed by atoms with Gasteiger partial charge in [0.1, 0.15) is 11.5 Å². The van der Waals surface area contributed by atoms with E-state index in [1.54, 1.807) is 14.2 Å². The zero-order chi connectivity index (χ0) is 20.9. The maximum atomic E-state index is 13.0. The van der Waals surface area contributed by atoms with Crippen molar-refractivity contribution >= 4 is 11.6 Å². The number of oxime groups is 1. The van der Waals surface area contributed by atoms with E-state index in [0.717, 1.165) is 37.9 Å². The third kappa shape index (κ3) is 4.42. The summed E-state index contributed by atoms with van der Waals surface area (Å²) in [5.74, 6) is 2.04. The second-order valence-corrected chi connectivity index (χ2v) is 7.86. The molecule has 30 heavy (non-hydrogen) atoms. The molecule has 0 N–H and O–H groups in total. The Morgan fingerprint density at radius 2 is 1.87 bits per heavy atom. The maximum Gasteiger partial charge on any atom is 0.266 e. The molecule has 1 amide bonds. The highest BCUT2D eigenvalue weighted by molar-refractivity contribution is 6.06. The fourth-order valence-electron chi connectivity index (χ4n) is 4.22. The molecule has 2 aliphatic rings. The van der Waals surface area contributed by atoms with Crippen LogP contribution in [0.1, 0.15) is 30.4 Å². The molecule has 6 nitrogen and oxygen atoms in total. The van der Waals surface area contributed by atoms with Crippen molar-refractivity contribution in [3.05, 3.63) is 59.7 Å². The molecule has 0 aromatic heterocycles. The monoisotopic (exact) mass is 408 g/mol. The number of nitrogens with zero attached hydrogens (tertiary/aromatic N) is 2. The number of ether oxygens (including phenoxy) is 2. The average Bonchev–Trinajstić information content (AvgIpc) is 3.29. The minimum atomic E-state index is -0.568. The Balaban J connectivity index is 1.33. The lowest BCUT2D eigenvalue weighted by atomic mass is 9.90. The van der Waals surface area contributed by atoms with Crippen LogP contribution in [-0.4, -0.2) is 49.9 Å². The van der Waals surface area contributed by atoms with Crippen LogP contribution >= 0.6 is 0 Å². The van der Waals surface area contributed by atoms with Gasteiger partial charge in [-0.05, 0) is 48.9 Å². The van der Waals surface area contributed by atoms with Crippen molar-refractivity contribution in [3.63, 3.8) is 0 Å². The molecule has 1 fully saturated rings. The van der Waals surface area contributed by atoms with E-state index in [0.29, 0.717) is 29.5 Å². The van der Waals surface area contributed by atoms with Gasteiger partial charge in [-0.3, -0.25) is 4.79 Å². The van der Waals surface area contributed by atoms with Crippen LogP contribution in [0.4, 0.5) is 0 Å². The van der Waals surface area contributed by atoms with Crippen LogP contribution in [0, 0.1) is 5.92 Å². The van der Waals surface area contributed by atoms with Gasteiger partial charge < -0.3 is 19.2 Å². The summed E-state index contributed by atoms with van der Waals surface area (Å²) in [6.07, 6.45) is 2.98. The standard InChI is InChI=1S/C24H28N2O4/c1-28-19-8-9-22(29-2)20(15-19)21-16-23(30-25-21)24(27)26-12-10-18(11-13-26)14-17-6-4-3-5-7-17/h3-9,15,18,23H,10-14,16H2,1-2H3/t23-/m0/s1. The van der Waals surface area contributed by atoms with Gasteiger partial charge in [0.15, 0.2) is 0 Å². The number of hydrogen-bond donors (Lipinski definition) is 0. The van der Waals surface area contributed by atoms with Crippen LogP contribution in [0.2, 0.25) is 0 Å². The van der Waals surface area contributed by atoms with Crippen LogP contribution in [0.3, 0.4) is 0 Å². The number of hydrogen-bond acceptors (Lipinski definition) is 5. The molecule has 2 heterocycles. The van der Waals surface area contributed by atoms with Crippen LogP contribution in [0.5, 0.6) is 11.5 Å². The summed E-state index contributed by atoms with van der Waals surface area (Å²) >= 11 is 0. The molecular weight excluding hydrogens is 380 g/mol. The molecule has 0 aliphatic carbocycles. The molecule has 0 unspecified atom stereocenters. The van der Waals surface area contributed by atoms with Crippen molar-refractivity contribution in [1.82, 2.24) is 4.90 Å². The van der Waals surface area contributed by atoms with E-state index >= 15 is 0 Å².